The van der Waals surface area contributed by atoms with Gasteiger partial charge in [-0.15, -0.1) is 0 Å². The van der Waals surface area contributed by atoms with Crippen molar-refractivity contribution < 1.29 is 14.7 Å². The van der Waals surface area contributed by atoms with E-state index < -0.39 is 12.0 Å². The van der Waals surface area contributed by atoms with Crippen LogP contribution in [0.25, 0.3) is 0 Å². The zero-order chi connectivity index (χ0) is 14.4. The van der Waals surface area contributed by atoms with Gasteiger partial charge in [-0.05, 0) is 12.1 Å². The lowest BCUT2D eigenvalue weighted by Crippen LogP contribution is -2.55. The van der Waals surface area contributed by atoms with Gasteiger partial charge in [0, 0.05) is 38.3 Å². The highest BCUT2D eigenvalue weighted by molar-refractivity contribution is 5.90. The first-order chi connectivity index (χ1) is 9.66. The predicted octanol–water partition coefficient (Wildman–Crippen LogP) is 0.374. The zero-order valence-electron chi connectivity index (χ0n) is 11.2. The Morgan fingerprint density at radius 2 is 2.10 bits per heavy atom. The Kier molecular flexibility index (Phi) is 5.09. The fourth-order valence-electron chi connectivity index (χ4n) is 2.25. The maximum Gasteiger partial charge on any atom is 0.322 e. The highest BCUT2D eigenvalue weighted by atomic mass is 16.4. The third kappa shape index (κ3) is 4.04. The highest BCUT2D eigenvalue weighted by Gasteiger charge is 2.28. The average molecular weight is 277 g/mol. The summed E-state index contributed by atoms with van der Waals surface area (Å²) in [5, 5.41) is 15.0. The van der Waals surface area contributed by atoms with Gasteiger partial charge in [-0.3, -0.25) is 14.5 Å². The molecule has 2 rings (SSSR count). The standard InChI is InChI=1S/C14H19N3O3/c18-13(16-11-4-2-1-3-5-11)6-8-17-9-7-15-10-12(17)14(19)20/h1-5,12,15H,6-10H2,(H,16,18)(H,19,20). The number of para-hydroxylation sites is 1. The van der Waals surface area contributed by atoms with Gasteiger partial charge in [-0.25, -0.2) is 0 Å². The third-order valence-electron chi connectivity index (χ3n) is 3.32. The predicted molar refractivity (Wildman–Crippen MR) is 75.6 cm³/mol. The van der Waals surface area contributed by atoms with Crippen molar-refractivity contribution in [2.75, 3.05) is 31.5 Å². The molecule has 1 fully saturated rings. The topological polar surface area (TPSA) is 81.7 Å². The van der Waals surface area contributed by atoms with E-state index >= 15 is 0 Å². The van der Waals surface area contributed by atoms with Gasteiger partial charge in [-0.2, -0.15) is 0 Å². The van der Waals surface area contributed by atoms with Crippen molar-refractivity contribution in [1.82, 2.24) is 10.2 Å². The first kappa shape index (κ1) is 14.5. The van der Waals surface area contributed by atoms with Crippen LogP contribution in [0.1, 0.15) is 6.42 Å². The molecule has 20 heavy (non-hydrogen) atoms. The fraction of sp³-hybridized carbons (Fsp3) is 0.429. The number of carbonyl (C=O) groups is 2. The lowest BCUT2D eigenvalue weighted by atomic mass is 10.2. The van der Waals surface area contributed by atoms with Gasteiger partial charge in [0.25, 0.3) is 0 Å². The number of anilines is 1. The Morgan fingerprint density at radius 1 is 1.35 bits per heavy atom. The van der Waals surface area contributed by atoms with Crippen LogP contribution in [0.4, 0.5) is 5.69 Å². The minimum Gasteiger partial charge on any atom is -0.480 e. The zero-order valence-corrected chi connectivity index (χ0v) is 11.2. The van der Waals surface area contributed by atoms with E-state index in [2.05, 4.69) is 10.6 Å². The number of piperazine rings is 1. The van der Waals surface area contributed by atoms with Crippen molar-refractivity contribution in [3.8, 4) is 0 Å². The van der Waals surface area contributed by atoms with Gasteiger partial charge in [0.15, 0.2) is 0 Å². The maximum atomic E-state index is 11.8. The molecule has 1 aliphatic heterocycles. The number of amides is 1. The molecule has 1 saturated heterocycles. The van der Waals surface area contributed by atoms with E-state index in [-0.39, 0.29) is 5.91 Å². The third-order valence-corrected chi connectivity index (χ3v) is 3.32. The highest BCUT2D eigenvalue weighted by Crippen LogP contribution is 2.08. The molecule has 1 atom stereocenters. The van der Waals surface area contributed by atoms with Gasteiger partial charge in [0.2, 0.25) is 5.91 Å². The minimum absolute atomic E-state index is 0.0983. The van der Waals surface area contributed by atoms with Crippen LogP contribution in [0.15, 0.2) is 30.3 Å². The molecule has 3 N–H and O–H groups in total. The molecule has 0 aromatic heterocycles. The van der Waals surface area contributed by atoms with Gasteiger partial charge in [0.1, 0.15) is 6.04 Å². The number of benzene rings is 1. The lowest BCUT2D eigenvalue weighted by molar-refractivity contribution is -0.144. The molecule has 1 unspecified atom stereocenters. The SMILES string of the molecule is O=C(CCN1CCNCC1C(=O)O)Nc1ccccc1. The van der Waals surface area contributed by atoms with Crippen molar-refractivity contribution in [3.63, 3.8) is 0 Å². The Balaban J connectivity index is 1.81. The lowest BCUT2D eigenvalue weighted by Gasteiger charge is -2.33. The van der Waals surface area contributed by atoms with Gasteiger partial charge in [0.05, 0.1) is 0 Å². The van der Waals surface area contributed by atoms with E-state index in [9.17, 15) is 9.59 Å². The smallest absolute Gasteiger partial charge is 0.322 e. The summed E-state index contributed by atoms with van der Waals surface area (Å²) >= 11 is 0. The molecule has 0 radical (unpaired) electrons. The Morgan fingerprint density at radius 3 is 2.80 bits per heavy atom. The normalized spacial score (nSPS) is 19.5. The van der Waals surface area contributed by atoms with E-state index in [4.69, 9.17) is 5.11 Å². The summed E-state index contributed by atoms with van der Waals surface area (Å²) in [6.45, 7) is 2.28. The molecule has 1 amide bonds. The van der Waals surface area contributed by atoms with Crippen molar-refractivity contribution in [1.29, 1.82) is 0 Å². The summed E-state index contributed by atoms with van der Waals surface area (Å²) < 4.78 is 0. The van der Waals surface area contributed by atoms with Crippen LogP contribution in [0.3, 0.4) is 0 Å². The summed E-state index contributed by atoms with van der Waals surface area (Å²) in [4.78, 5) is 24.8. The molecule has 0 bridgehead atoms. The number of hydrogen-bond donors (Lipinski definition) is 3. The molecular formula is C14H19N3O3. The number of nitrogens with zero attached hydrogens (tertiary/aromatic N) is 1. The summed E-state index contributed by atoms with van der Waals surface area (Å²) in [6.07, 6.45) is 0.290. The van der Waals surface area contributed by atoms with E-state index in [0.717, 1.165) is 12.2 Å². The molecule has 1 aromatic carbocycles. The quantitative estimate of drug-likeness (QED) is 0.724. The number of carboxylic acid groups (broad SMARTS) is 1. The second-order valence-electron chi connectivity index (χ2n) is 4.76. The first-order valence-electron chi connectivity index (χ1n) is 6.69. The Hall–Kier alpha value is -1.92. The molecule has 0 saturated carbocycles. The molecular weight excluding hydrogens is 258 g/mol. The van der Waals surface area contributed by atoms with Crippen molar-refractivity contribution in [2.45, 2.75) is 12.5 Å². The van der Waals surface area contributed by atoms with Crippen LogP contribution in [0.5, 0.6) is 0 Å². The molecule has 6 nitrogen and oxygen atoms in total. The molecule has 108 valence electrons. The van der Waals surface area contributed by atoms with Crippen LogP contribution >= 0.6 is 0 Å². The number of hydrogen-bond acceptors (Lipinski definition) is 4. The van der Waals surface area contributed by atoms with Crippen LogP contribution in [-0.4, -0.2) is 54.1 Å². The average Bonchev–Trinajstić information content (AvgIpc) is 2.46. The first-order valence-corrected chi connectivity index (χ1v) is 6.69. The van der Waals surface area contributed by atoms with Gasteiger partial charge < -0.3 is 15.7 Å². The largest absolute Gasteiger partial charge is 0.480 e. The second-order valence-corrected chi connectivity index (χ2v) is 4.76. The molecule has 6 heteroatoms. The molecule has 0 aliphatic carbocycles. The number of carbonyl (C=O) groups excluding carboxylic acids is 1. The molecule has 1 heterocycles. The van der Waals surface area contributed by atoms with E-state index in [1.54, 1.807) is 0 Å². The Bertz CT molecular complexity index is 464. The minimum atomic E-state index is -0.847. The van der Waals surface area contributed by atoms with Crippen molar-refractivity contribution in [2.24, 2.45) is 0 Å². The van der Waals surface area contributed by atoms with Crippen LogP contribution in [0, 0.1) is 0 Å². The summed E-state index contributed by atoms with van der Waals surface area (Å²) in [5.74, 6) is -0.945. The number of carboxylic acids is 1. The monoisotopic (exact) mass is 277 g/mol. The van der Waals surface area contributed by atoms with Crippen LogP contribution < -0.4 is 10.6 Å². The number of nitrogens with one attached hydrogen (secondary N) is 2. The molecule has 1 aromatic rings. The second kappa shape index (κ2) is 7.02. The molecule has 0 spiro atoms. The van der Waals surface area contributed by atoms with Crippen LogP contribution in [-0.2, 0) is 9.59 Å². The summed E-state index contributed by atoms with van der Waals surface area (Å²) in [7, 11) is 0. The number of rotatable bonds is 5. The summed E-state index contributed by atoms with van der Waals surface area (Å²) in [5.41, 5.74) is 0.757. The van der Waals surface area contributed by atoms with Crippen molar-refractivity contribution in [3.05, 3.63) is 30.3 Å². The number of aliphatic carboxylic acids is 1. The van der Waals surface area contributed by atoms with Crippen LogP contribution in [0.2, 0.25) is 0 Å². The molecule has 1 aliphatic rings. The van der Waals surface area contributed by atoms with Gasteiger partial charge >= 0.3 is 5.97 Å². The summed E-state index contributed by atoms with van der Waals surface area (Å²) in [6, 6.07) is 8.69. The van der Waals surface area contributed by atoms with Crippen molar-refractivity contribution >= 4 is 17.6 Å². The Labute approximate surface area is 117 Å². The van der Waals surface area contributed by atoms with E-state index in [1.807, 2.05) is 35.2 Å². The van der Waals surface area contributed by atoms with Gasteiger partial charge in [-0.1, -0.05) is 18.2 Å². The van der Waals surface area contributed by atoms with E-state index in [1.165, 1.54) is 0 Å². The fourth-order valence-corrected chi connectivity index (χ4v) is 2.25. The maximum absolute atomic E-state index is 11.8. The van der Waals surface area contributed by atoms with E-state index in [0.29, 0.717) is 26.1 Å².